The molecule has 2 N–H and O–H groups in total. The first kappa shape index (κ1) is 15.4. The van der Waals surface area contributed by atoms with Crippen molar-refractivity contribution in [1.82, 2.24) is 10.2 Å². The van der Waals surface area contributed by atoms with Crippen LogP contribution in [0.1, 0.15) is 31.4 Å². The molecule has 0 radical (unpaired) electrons. The van der Waals surface area contributed by atoms with Crippen molar-refractivity contribution >= 4 is 0 Å². The van der Waals surface area contributed by atoms with Gasteiger partial charge in [-0.1, -0.05) is 25.1 Å². The number of aliphatic hydroxyl groups excluding tert-OH is 1. The van der Waals surface area contributed by atoms with Gasteiger partial charge in [0.15, 0.2) is 0 Å². The first-order valence-corrected chi connectivity index (χ1v) is 7.32. The van der Waals surface area contributed by atoms with Crippen LogP contribution in [0.3, 0.4) is 0 Å². The van der Waals surface area contributed by atoms with Gasteiger partial charge in [0.2, 0.25) is 0 Å². The monoisotopic (exact) mass is 280 g/mol. The van der Waals surface area contributed by atoms with Crippen LogP contribution < -0.4 is 5.32 Å². The fourth-order valence-corrected chi connectivity index (χ4v) is 2.70. The van der Waals surface area contributed by atoms with Crippen LogP contribution in [0.2, 0.25) is 0 Å². The van der Waals surface area contributed by atoms with E-state index in [9.17, 15) is 9.50 Å². The van der Waals surface area contributed by atoms with E-state index < -0.39 is 6.10 Å². The highest BCUT2D eigenvalue weighted by Crippen LogP contribution is 2.29. The number of benzene rings is 1. The molecule has 3 nitrogen and oxygen atoms in total. The minimum absolute atomic E-state index is 0.279. The molecule has 0 aliphatic carbocycles. The van der Waals surface area contributed by atoms with Gasteiger partial charge >= 0.3 is 0 Å². The maximum Gasteiger partial charge on any atom is 0.129 e. The van der Waals surface area contributed by atoms with Crippen molar-refractivity contribution in [2.75, 3.05) is 33.2 Å². The van der Waals surface area contributed by atoms with E-state index in [4.69, 9.17) is 0 Å². The molecule has 0 spiro atoms. The third-order valence-corrected chi connectivity index (χ3v) is 4.35. The van der Waals surface area contributed by atoms with Gasteiger partial charge in [0.05, 0.1) is 6.10 Å². The lowest BCUT2D eigenvalue weighted by Crippen LogP contribution is -2.42. The molecule has 1 aromatic carbocycles. The summed E-state index contributed by atoms with van der Waals surface area (Å²) in [5.41, 5.74) is 0.648. The van der Waals surface area contributed by atoms with E-state index in [0.717, 1.165) is 32.5 Å². The summed E-state index contributed by atoms with van der Waals surface area (Å²) in [6, 6.07) is 6.41. The quantitative estimate of drug-likeness (QED) is 0.868. The lowest BCUT2D eigenvalue weighted by atomic mass is 9.80. The van der Waals surface area contributed by atoms with Crippen LogP contribution in [0.25, 0.3) is 0 Å². The zero-order chi connectivity index (χ0) is 14.6. The highest BCUT2D eigenvalue weighted by atomic mass is 19.1. The van der Waals surface area contributed by atoms with Crippen LogP contribution in [0.5, 0.6) is 0 Å². The van der Waals surface area contributed by atoms with Crippen LogP contribution in [0.4, 0.5) is 4.39 Å². The minimum atomic E-state index is -0.786. The smallest absolute Gasteiger partial charge is 0.129 e. The van der Waals surface area contributed by atoms with Crippen molar-refractivity contribution in [2.24, 2.45) is 5.41 Å². The second kappa shape index (κ2) is 6.66. The molecular formula is C16H25FN2O. The number of hydrogen-bond donors (Lipinski definition) is 2. The molecular weight excluding hydrogens is 255 g/mol. The Morgan fingerprint density at radius 2 is 2.00 bits per heavy atom. The lowest BCUT2D eigenvalue weighted by molar-refractivity contribution is 0.123. The molecule has 1 fully saturated rings. The van der Waals surface area contributed by atoms with Gasteiger partial charge in [0.25, 0.3) is 0 Å². The van der Waals surface area contributed by atoms with Gasteiger partial charge in [-0.15, -0.1) is 0 Å². The molecule has 1 aliphatic heterocycles. The molecule has 1 unspecified atom stereocenters. The predicted molar refractivity (Wildman–Crippen MR) is 79.1 cm³/mol. The van der Waals surface area contributed by atoms with Crippen LogP contribution >= 0.6 is 0 Å². The lowest BCUT2D eigenvalue weighted by Gasteiger charge is -2.38. The van der Waals surface area contributed by atoms with Gasteiger partial charge in [-0.2, -0.15) is 0 Å². The second-order valence-electron chi connectivity index (χ2n) is 6.28. The number of hydrogen-bond acceptors (Lipinski definition) is 3. The highest BCUT2D eigenvalue weighted by molar-refractivity contribution is 5.19. The zero-order valence-electron chi connectivity index (χ0n) is 12.4. The Balaban J connectivity index is 1.80. The van der Waals surface area contributed by atoms with Crippen LogP contribution in [-0.4, -0.2) is 43.2 Å². The molecule has 0 aromatic heterocycles. The highest BCUT2D eigenvalue weighted by Gasteiger charge is 2.28. The fourth-order valence-electron chi connectivity index (χ4n) is 2.70. The standard InChI is InChI=1S/C16H25FN2O/c1-16(7-9-19(2)10-8-16)12-18-11-15(20)13-5-3-4-6-14(13)17/h3-6,15,18,20H,7-12H2,1-2H3. The van der Waals surface area contributed by atoms with Crippen molar-refractivity contribution < 1.29 is 9.50 Å². The van der Waals surface area contributed by atoms with Gasteiger partial charge in [-0.3, -0.25) is 0 Å². The Kier molecular flexibility index (Phi) is 5.13. The average molecular weight is 280 g/mol. The Bertz CT molecular complexity index is 430. The summed E-state index contributed by atoms with van der Waals surface area (Å²) < 4.78 is 13.5. The Hall–Kier alpha value is -0.970. The van der Waals surface area contributed by atoms with E-state index in [0.29, 0.717) is 12.1 Å². The van der Waals surface area contributed by atoms with Crippen LogP contribution in [0, 0.1) is 11.2 Å². The largest absolute Gasteiger partial charge is 0.387 e. The molecule has 0 saturated carbocycles. The molecule has 1 saturated heterocycles. The molecule has 0 bridgehead atoms. The van der Waals surface area contributed by atoms with E-state index in [1.165, 1.54) is 6.07 Å². The van der Waals surface area contributed by atoms with E-state index in [2.05, 4.69) is 24.2 Å². The molecule has 20 heavy (non-hydrogen) atoms. The Morgan fingerprint density at radius 3 is 2.65 bits per heavy atom. The third kappa shape index (κ3) is 4.01. The van der Waals surface area contributed by atoms with Gasteiger partial charge in [0.1, 0.15) is 5.82 Å². The Labute approximate surface area is 120 Å². The van der Waals surface area contributed by atoms with E-state index in [-0.39, 0.29) is 11.2 Å². The summed E-state index contributed by atoms with van der Waals surface area (Å²) in [7, 11) is 2.15. The first-order valence-electron chi connectivity index (χ1n) is 7.32. The number of rotatable bonds is 5. The molecule has 1 atom stereocenters. The third-order valence-electron chi connectivity index (χ3n) is 4.35. The normalized spacial score (nSPS) is 20.8. The molecule has 4 heteroatoms. The summed E-state index contributed by atoms with van der Waals surface area (Å²) in [4.78, 5) is 2.34. The van der Waals surface area contributed by atoms with Crippen molar-refractivity contribution in [2.45, 2.75) is 25.9 Å². The van der Waals surface area contributed by atoms with Crippen LogP contribution in [-0.2, 0) is 0 Å². The van der Waals surface area contributed by atoms with Gasteiger partial charge in [-0.05, 0) is 44.5 Å². The number of piperidine rings is 1. The zero-order valence-corrected chi connectivity index (χ0v) is 12.4. The van der Waals surface area contributed by atoms with Crippen molar-refractivity contribution in [3.8, 4) is 0 Å². The number of likely N-dealkylation sites (tertiary alicyclic amines) is 1. The number of nitrogens with zero attached hydrogens (tertiary/aromatic N) is 1. The fraction of sp³-hybridized carbons (Fsp3) is 0.625. The molecule has 0 amide bonds. The maximum absolute atomic E-state index is 13.5. The maximum atomic E-state index is 13.5. The van der Waals surface area contributed by atoms with E-state index in [1.807, 2.05) is 0 Å². The molecule has 1 heterocycles. The molecule has 1 aliphatic rings. The molecule has 2 rings (SSSR count). The summed E-state index contributed by atoms with van der Waals surface area (Å²) in [6.45, 7) is 5.78. The van der Waals surface area contributed by atoms with Gasteiger partial charge in [-0.25, -0.2) is 4.39 Å². The van der Waals surface area contributed by atoms with Crippen molar-refractivity contribution in [3.05, 3.63) is 35.6 Å². The summed E-state index contributed by atoms with van der Waals surface area (Å²) in [6.07, 6.45) is 1.53. The molecule has 112 valence electrons. The number of aliphatic hydroxyl groups is 1. The summed E-state index contributed by atoms with van der Waals surface area (Å²) in [5.74, 6) is -0.340. The minimum Gasteiger partial charge on any atom is -0.387 e. The summed E-state index contributed by atoms with van der Waals surface area (Å²) >= 11 is 0. The topological polar surface area (TPSA) is 35.5 Å². The number of nitrogens with one attached hydrogen (secondary N) is 1. The average Bonchev–Trinajstić information content (AvgIpc) is 2.43. The first-order chi connectivity index (χ1) is 9.50. The van der Waals surface area contributed by atoms with Gasteiger partial charge in [0, 0.05) is 18.7 Å². The van der Waals surface area contributed by atoms with Crippen molar-refractivity contribution in [1.29, 1.82) is 0 Å². The Morgan fingerprint density at radius 1 is 1.35 bits per heavy atom. The predicted octanol–water partition coefficient (Wildman–Crippen LogP) is 2.18. The summed E-state index contributed by atoms with van der Waals surface area (Å²) in [5, 5.41) is 13.3. The second-order valence-corrected chi connectivity index (χ2v) is 6.28. The van der Waals surface area contributed by atoms with Gasteiger partial charge < -0.3 is 15.3 Å². The SMILES string of the molecule is CN1CCC(C)(CNCC(O)c2ccccc2F)CC1. The van der Waals surface area contributed by atoms with Crippen LogP contribution in [0.15, 0.2) is 24.3 Å². The van der Waals surface area contributed by atoms with Crippen molar-refractivity contribution in [3.63, 3.8) is 0 Å². The van der Waals surface area contributed by atoms with E-state index >= 15 is 0 Å². The molecule has 1 aromatic rings. The number of halogens is 1. The van der Waals surface area contributed by atoms with E-state index in [1.54, 1.807) is 18.2 Å².